The maximum Gasteiger partial charge on any atom is 0.0450 e. The van der Waals surface area contributed by atoms with Crippen molar-refractivity contribution in [2.75, 3.05) is 13.1 Å². The number of benzene rings is 1. The molecule has 1 aliphatic rings. The predicted octanol–water partition coefficient (Wildman–Crippen LogP) is 3.71. The summed E-state index contributed by atoms with van der Waals surface area (Å²) in [6.07, 6.45) is 1.15. The number of thiophene rings is 1. The van der Waals surface area contributed by atoms with Gasteiger partial charge in [0.2, 0.25) is 0 Å². The Kier molecular flexibility index (Phi) is 4.73. The number of hydrogen-bond donors (Lipinski definition) is 1. The van der Waals surface area contributed by atoms with Crippen LogP contribution in [0.1, 0.15) is 31.0 Å². The van der Waals surface area contributed by atoms with E-state index < -0.39 is 0 Å². The van der Waals surface area contributed by atoms with Crippen molar-refractivity contribution in [1.29, 1.82) is 0 Å². The summed E-state index contributed by atoms with van der Waals surface area (Å²) in [6, 6.07) is 14.7. The fourth-order valence-corrected chi connectivity index (χ4v) is 3.96. The van der Waals surface area contributed by atoms with Gasteiger partial charge in [-0.3, -0.25) is 4.90 Å². The summed E-state index contributed by atoms with van der Waals surface area (Å²) in [6.45, 7) is 6.85. The zero-order valence-corrected chi connectivity index (χ0v) is 13.6. The van der Waals surface area contributed by atoms with E-state index in [9.17, 15) is 0 Å². The molecular weight excluding hydrogens is 276 g/mol. The van der Waals surface area contributed by atoms with Crippen LogP contribution in [0.25, 0.3) is 0 Å². The third kappa shape index (κ3) is 3.54. The summed E-state index contributed by atoms with van der Waals surface area (Å²) >= 11 is 1.80. The molecule has 0 bridgehead atoms. The highest BCUT2D eigenvalue weighted by atomic mass is 32.1. The van der Waals surface area contributed by atoms with Crippen molar-refractivity contribution in [3.8, 4) is 0 Å². The van der Waals surface area contributed by atoms with Gasteiger partial charge >= 0.3 is 0 Å². The third-order valence-electron chi connectivity index (χ3n) is 4.50. The topological polar surface area (TPSA) is 15.3 Å². The Bertz CT molecular complexity index is 538. The number of piperazine rings is 1. The van der Waals surface area contributed by atoms with Crippen LogP contribution in [0.2, 0.25) is 0 Å². The lowest BCUT2D eigenvalue weighted by Crippen LogP contribution is -2.54. The minimum absolute atomic E-state index is 0.451. The van der Waals surface area contributed by atoms with Crippen LogP contribution in [0.4, 0.5) is 0 Å². The van der Waals surface area contributed by atoms with Crippen molar-refractivity contribution in [3.63, 3.8) is 0 Å². The van der Waals surface area contributed by atoms with Crippen molar-refractivity contribution in [1.82, 2.24) is 10.2 Å². The molecule has 1 saturated heterocycles. The van der Waals surface area contributed by atoms with Gasteiger partial charge < -0.3 is 5.32 Å². The number of rotatable bonds is 4. The maximum atomic E-state index is 3.69. The molecular formula is C18H24N2S. The molecule has 0 radical (unpaired) electrons. The van der Waals surface area contributed by atoms with Crippen LogP contribution in [0.5, 0.6) is 0 Å². The van der Waals surface area contributed by atoms with Gasteiger partial charge in [0, 0.05) is 31.2 Å². The first kappa shape index (κ1) is 14.8. The summed E-state index contributed by atoms with van der Waals surface area (Å²) in [5.74, 6) is 0. The van der Waals surface area contributed by atoms with Gasteiger partial charge in [-0.1, -0.05) is 30.3 Å². The largest absolute Gasteiger partial charge is 0.307 e. The van der Waals surface area contributed by atoms with Gasteiger partial charge in [-0.05, 0) is 48.2 Å². The monoisotopic (exact) mass is 300 g/mol. The van der Waals surface area contributed by atoms with Crippen molar-refractivity contribution in [2.45, 2.75) is 38.4 Å². The van der Waals surface area contributed by atoms with Gasteiger partial charge in [0.1, 0.15) is 0 Å². The van der Waals surface area contributed by atoms with E-state index in [4.69, 9.17) is 0 Å². The van der Waals surface area contributed by atoms with E-state index in [2.05, 4.69) is 71.2 Å². The van der Waals surface area contributed by atoms with Crippen LogP contribution in [0.3, 0.4) is 0 Å². The minimum atomic E-state index is 0.451. The van der Waals surface area contributed by atoms with Crippen LogP contribution >= 0.6 is 11.3 Å². The molecule has 112 valence electrons. The van der Waals surface area contributed by atoms with E-state index in [1.807, 2.05) is 0 Å². The molecule has 3 rings (SSSR count). The Balaban J connectivity index is 1.68. The molecule has 2 nitrogen and oxygen atoms in total. The third-order valence-corrected chi connectivity index (χ3v) is 5.23. The quantitative estimate of drug-likeness (QED) is 0.926. The van der Waals surface area contributed by atoms with E-state index >= 15 is 0 Å². The van der Waals surface area contributed by atoms with E-state index in [-0.39, 0.29) is 0 Å². The molecule has 1 aromatic heterocycles. The first-order valence-corrected chi connectivity index (χ1v) is 8.73. The summed E-state index contributed by atoms with van der Waals surface area (Å²) in [4.78, 5) is 2.66. The molecule has 1 aromatic carbocycles. The lowest BCUT2D eigenvalue weighted by molar-refractivity contribution is 0.0986. The van der Waals surface area contributed by atoms with Gasteiger partial charge in [-0.15, -0.1) is 0 Å². The molecule has 1 fully saturated rings. The second kappa shape index (κ2) is 6.73. The van der Waals surface area contributed by atoms with Crippen molar-refractivity contribution in [2.24, 2.45) is 0 Å². The van der Waals surface area contributed by atoms with Crippen LogP contribution in [-0.4, -0.2) is 30.1 Å². The van der Waals surface area contributed by atoms with E-state index in [1.165, 1.54) is 11.1 Å². The first-order valence-electron chi connectivity index (χ1n) is 7.79. The Morgan fingerprint density at radius 3 is 2.81 bits per heavy atom. The average Bonchev–Trinajstić information content (AvgIpc) is 3.01. The van der Waals surface area contributed by atoms with Crippen molar-refractivity contribution < 1.29 is 0 Å². The van der Waals surface area contributed by atoms with Gasteiger partial charge in [-0.25, -0.2) is 0 Å². The Labute approximate surface area is 131 Å². The standard InChI is InChI=1S/C18H24N2S/c1-14(10-16-8-9-21-13-16)20-12-18(19-11-15(20)2)17-6-4-3-5-7-17/h3-9,13-15,18-19H,10-12H2,1-2H3. The first-order chi connectivity index (χ1) is 10.2. The SMILES string of the molecule is CC1CNC(c2ccccc2)CN1C(C)Cc1ccsc1. The second-order valence-corrected chi connectivity index (χ2v) is 6.88. The number of nitrogens with one attached hydrogen (secondary N) is 1. The number of hydrogen-bond acceptors (Lipinski definition) is 3. The lowest BCUT2D eigenvalue weighted by atomic mass is 9.99. The molecule has 21 heavy (non-hydrogen) atoms. The molecule has 1 aliphatic heterocycles. The highest BCUT2D eigenvalue weighted by molar-refractivity contribution is 7.07. The molecule has 0 saturated carbocycles. The zero-order valence-electron chi connectivity index (χ0n) is 12.8. The molecule has 0 amide bonds. The summed E-state index contributed by atoms with van der Waals surface area (Å²) in [7, 11) is 0. The van der Waals surface area contributed by atoms with E-state index in [0.29, 0.717) is 18.1 Å². The minimum Gasteiger partial charge on any atom is -0.307 e. The summed E-state index contributed by atoms with van der Waals surface area (Å²) in [5.41, 5.74) is 2.87. The molecule has 0 spiro atoms. The van der Waals surface area contributed by atoms with Crippen LogP contribution in [0.15, 0.2) is 47.2 Å². The molecule has 2 aromatic rings. The average molecular weight is 300 g/mol. The van der Waals surface area contributed by atoms with E-state index in [1.54, 1.807) is 11.3 Å². The van der Waals surface area contributed by atoms with Gasteiger partial charge in [0.25, 0.3) is 0 Å². The molecule has 1 N–H and O–H groups in total. The molecule has 2 heterocycles. The number of nitrogens with zero attached hydrogens (tertiary/aromatic N) is 1. The van der Waals surface area contributed by atoms with E-state index in [0.717, 1.165) is 19.5 Å². The zero-order chi connectivity index (χ0) is 14.7. The molecule has 3 heteroatoms. The highest BCUT2D eigenvalue weighted by Crippen LogP contribution is 2.23. The Hall–Kier alpha value is -1.16. The lowest BCUT2D eigenvalue weighted by Gasteiger charge is -2.42. The van der Waals surface area contributed by atoms with Crippen LogP contribution in [-0.2, 0) is 6.42 Å². The Morgan fingerprint density at radius 1 is 1.29 bits per heavy atom. The van der Waals surface area contributed by atoms with Crippen LogP contribution in [0, 0.1) is 0 Å². The Morgan fingerprint density at radius 2 is 2.10 bits per heavy atom. The highest BCUT2D eigenvalue weighted by Gasteiger charge is 2.29. The fraction of sp³-hybridized carbons (Fsp3) is 0.444. The van der Waals surface area contributed by atoms with Gasteiger partial charge in [0.15, 0.2) is 0 Å². The summed E-state index contributed by atoms with van der Waals surface area (Å²) < 4.78 is 0. The predicted molar refractivity (Wildman–Crippen MR) is 90.8 cm³/mol. The fourth-order valence-electron chi connectivity index (χ4n) is 3.28. The van der Waals surface area contributed by atoms with Gasteiger partial charge in [-0.2, -0.15) is 11.3 Å². The maximum absolute atomic E-state index is 3.69. The molecule has 3 unspecified atom stereocenters. The van der Waals surface area contributed by atoms with Crippen molar-refractivity contribution in [3.05, 3.63) is 58.3 Å². The summed E-state index contributed by atoms with van der Waals surface area (Å²) in [5, 5.41) is 8.14. The normalized spacial score (nSPS) is 24.9. The smallest absolute Gasteiger partial charge is 0.0450 e. The van der Waals surface area contributed by atoms with Crippen LogP contribution < -0.4 is 5.32 Å². The molecule has 3 atom stereocenters. The van der Waals surface area contributed by atoms with Gasteiger partial charge in [0.05, 0.1) is 0 Å². The molecule has 0 aliphatic carbocycles. The second-order valence-electron chi connectivity index (χ2n) is 6.10. The van der Waals surface area contributed by atoms with Crippen molar-refractivity contribution >= 4 is 11.3 Å².